The van der Waals surface area contributed by atoms with Crippen LogP contribution in [0.5, 0.6) is 0 Å². The molecule has 172 valence electrons. The maximum atomic E-state index is 15.6. The molecule has 6 heterocycles. The van der Waals surface area contributed by atoms with Crippen molar-refractivity contribution in [2.24, 2.45) is 0 Å². The summed E-state index contributed by atoms with van der Waals surface area (Å²) in [5, 5.41) is 4.31. The van der Waals surface area contributed by atoms with E-state index < -0.39 is 11.7 Å². The summed E-state index contributed by atoms with van der Waals surface area (Å²) in [6.07, 6.45) is 6.93. The fraction of sp³-hybridized carbons (Fsp3) is 0.458. The largest absolute Gasteiger partial charge is 0.345 e. The quantitative estimate of drug-likeness (QED) is 0.463. The van der Waals surface area contributed by atoms with Gasteiger partial charge in [-0.1, -0.05) is 11.3 Å². The second-order valence-electron chi connectivity index (χ2n) is 10.1. The Balaban J connectivity index is 1.35. The number of imidazole rings is 1. The average molecular weight is 469 g/mol. The summed E-state index contributed by atoms with van der Waals surface area (Å²) in [7, 11) is 1.94. The van der Waals surface area contributed by atoms with Crippen LogP contribution in [-0.2, 0) is 0 Å². The summed E-state index contributed by atoms with van der Waals surface area (Å²) in [6.45, 7) is 6.02. The van der Waals surface area contributed by atoms with Crippen LogP contribution in [-0.4, -0.2) is 49.7 Å². The molecule has 2 bridgehead atoms. The Kier molecular flexibility index (Phi) is 4.39. The van der Waals surface area contributed by atoms with Crippen molar-refractivity contribution in [1.29, 1.82) is 0 Å². The highest BCUT2D eigenvalue weighted by molar-refractivity contribution is 7.22. The van der Waals surface area contributed by atoms with E-state index >= 15 is 4.39 Å². The highest BCUT2D eigenvalue weighted by Crippen LogP contribution is 2.46. The van der Waals surface area contributed by atoms with E-state index in [0.717, 1.165) is 40.3 Å². The lowest BCUT2D eigenvalue weighted by Gasteiger charge is -2.47. The number of nitrogens with one attached hydrogen (secondary N) is 1. The van der Waals surface area contributed by atoms with Crippen LogP contribution in [0, 0.1) is 12.7 Å². The fourth-order valence-electron chi connectivity index (χ4n) is 5.62. The Labute approximate surface area is 194 Å². The van der Waals surface area contributed by atoms with Gasteiger partial charge in [-0.05, 0) is 52.2 Å². The molecule has 0 aromatic carbocycles. The van der Waals surface area contributed by atoms with Gasteiger partial charge in [0.15, 0.2) is 16.6 Å². The monoisotopic (exact) mass is 468 g/mol. The van der Waals surface area contributed by atoms with E-state index in [1.807, 2.05) is 38.1 Å². The van der Waals surface area contributed by atoms with Gasteiger partial charge in [0.2, 0.25) is 0 Å². The van der Waals surface area contributed by atoms with Crippen molar-refractivity contribution < 1.29 is 8.78 Å². The first-order valence-corrected chi connectivity index (χ1v) is 12.0. The second-order valence-corrected chi connectivity index (χ2v) is 11.1. The van der Waals surface area contributed by atoms with E-state index in [4.69, 9.17) is 4.98 Å². The number of rotatable bonds is 3. The van der Waals surface area contributed by atoms with Crippen molar-refractivity contribution in [3.8, 4) is 11.3 Å². The van der Waals surface area contributed by atoms with Crippen LogP contribution in [0.2, 0.25) is 0 Å². The highest BCUT2D eigenvalue weighted by atomic mass is 32.1. The molecule has 0 unspecified atom stereocenters. The number of hydrogen-bond acceptors (Lipinski definition) is 6. The van der Waals surface area contributed by atoms with Crippen LogP contribution >= 0.6 is 11.3 Å². The van der Waals surface area contributed by atoms with Crippen molar-refractivity contribution in [2.45, 2.75) is 63.3 Å². The molecule has 0 radical (unpaired) electrons. The minimum absolute atomic E-state index is 0.0456. The molecular formula is C24H26F2N6S. The van der Waals surface area contributed by atoms with Gasteiger partial charge < -0.3 is 14.6 Å². The van der Waals surface area contributed by atoms with Crippen LogP contribution in [0.4, 0.5) is 13.9 Å². The zero-order valence-corrected chi connectivity index (χ0v) is 19.9. The van der Waals surface area contributed by atoms with Crippen molar-refractivity contribution >= 4 is 32.3 Å². The number of anilines is 1. The van der Waals surface area contributed by atoms with Gasteiger partial charge in [0, 0.05) is 36.1 Å². The number of thiazole rings is 1. The Hall–Kier alpha value is -2.65. The van der Waals surface area contributed by atoms with Crippen molar-refractivity contribution in [2.75, 3.05) is 11.9 Å². The van der Waals surface area contributed by atoms with Crippen molar-refractivity contribution in [1.82, 2.24) is 24.7 Å². The van der Waals surface area contributed by atoms with Gasteiger partial charge in [-0.25, -0.2) is 18.7 Å². The number of alkyl halides is 1. The number of aryl methyl sites for hydroxylation is 1. The number of nitrogens with zero attached hydrogens (tertiary/aromatic N) is 5. The Morgan fingerprint density at radius 3 is 2.85 bits per heavy atom. The number of halogens is 2. The first kappa shape index (κ1) is 20.9. The molecule has 2 aliphatic rings. The summed E-state index contributed by atoms with van der Waals surface area (Å²) in [4.78, 5) is 15.5. The van der Waals surface area contributed by atoms with Gasteiger partial charge in [-0.2, -0.15) is 0 Å². The lowest BCUT2D eigenvalue weighted by molar-refractivity contribution is 0.0862. The summed E-state index contributed by atoms with van der Waals surface area (Å²) in [6, 6.07) is 3.15. The third-order valence-electron chi connectivity index (χ3n) is 7.37. The van der Waals surface area contributed by atoms with E-state index in [1.54, 1.807) is 16.8 Å². The molecule has 2 fully saturated rings. The van der Waals surface area contributed by atoms with Gasteiger partial charge in [-0.15, -0.1) is 0 Å². The fourth-order valence-corrected chi connectivity index (χ4v) is 6.62. The molecule has 6 rings (SSSR count). The number of pyridine rings is 2. The maximum Gasteiger partial charge on any atom is 0.186 e. The van der Waals surface area contributed by atoms with Crippen molar-refractivity contribution in [3.63, 3.8) is 0 Å². The normalized spacial score (nSPS) is 29.3. The Morgan fingerprint density at radius 1 is 1.21 bits per heavy atom. The molecular weight excluding hydrogens is 442 g/mol. The maximum absolute atomic E-state index is 15.6. The van der Waals surface area contributed by atoms with Crippen LogP contribution < -0.4 is 10.2 Å². The summed E-state index contributed by atoms with van der Waals surface area (Å²) in [5.41, 5.74) is 2.61. The molecule has 4 aromatic rings. The SMILES string of the molecule is Cc1cn2cc(-c3cc4sc(N(C)[C@H]5C[C@]6(C)CC[C@@](C)(N6)[C@H]5F)nc4cn3)cc(F)c2n1. The molecule has 33 heavy (non-hydrogen) atoms. The van der Waals surface area contributed by atoms with Gasteiger partial charge in [-0.3, -0.25) is 4.98 Å². The third kappa shape index (κ3) is 3.24. The van der Waals surface area contributed by atoms with Gasteiger partial charge in [0.25, 0.3) is 0 Å². The molecule has 1 N–H and O–H groups in total. The summed E-state index contributed by atoms with van der Waals surface area (Å²) in [5.74, 6) is -0.385. The van der Waals surface area contributed by atoms with Crippen LogP contribution in [0.3, 0.4) is 0 Å². The van der Waals surface area contributed by atoms with Crippen LogP contribution in [0.15, 0.2) is 30.7 Å². The third-order valence-corrected chi connectivity index (χ3v) is 8.48. The van der Waals surface area contributed by atoms with E-state index in [-0.39, 0.29) is 17.4 Å². The van der Waals surface area contributed by atoms with E-state index in [2.05, 4.69) is 22.2 Å². The topological polar surface area (TPSA) is 58.4 Å². The molecule has 0 amide bonds. The lowest BCUT2D eigenvalue weighted by atomic mass is 9.82. The molecule has 0 spiro atoms. The molecule has 0 aliphatic carbocycles. The number of piperidine rings is 1. The smallest absolute Gasteiger partial charge is 0.186 e. The predicted molar refractivity (Wildman–Crippen MR) is 127 cm³/mol. The standard InChI is InChI=1S/C24H26F2N6S/c1-13-11-32-12-14(7-15(25)21(32)28-13)16-8-19-17(10-27-16)29-22(33-19)31(4)18-9-23(2)5-6-24(3,30-23)20(18)26/h7-8,10-12,18,20,30H,5-6,9H2,1-4H3/t18-,20-,23-,24+/m0/s1. The Morgan fingerprint density at radius 2 is 2.03 bits per heavy atom. The minimum Gasteiger partial charge on any atom is -0.345 e. The lowest BCUT2D eigenvalue weighted by Crippen LogP contribution is -2.65. The van der Waals surface area contributed by atoms with E-state index in [9.17, 15) is 4.39 Å². The molecule has 0 saturated carbocycles. The number of aromatic nitrogens is 4. The highest BCUT2D eigenvalue weighted by Gasteiger charge is 2.56. The van der Waals surface area contributed by atoms with Gasteiger partial charge >= 0.3 is 0 Å². The van der Waals surface area contributed by atoms with Crippen molar-refractivity contribution in [3.05, 3.63) is 42.2 Å². The molecule has 6 nitrogen and oxygen atoms in total. The zero-order valence-electron chi connectivity index (χ0n) is 19.1. The summed E-state index contributed by atoms with van der Waals surface area (Å²) < 4.78 is 32.8. The molecule has 2 aliphatic heterocycles. The first-order valence-electron chi connectivity index (χ1n) is 11.2. The first-order chi connectivity index (χ1) is 15.6. The summed E-state index contributed by atoms with van der Waals surface area (Å²) >= 11 is 1.52. The zero-order chi connectivity index (χ0) is 23.1. The molecule has 4 atom stereocenters. The van der Waals surface area contributed by atoms with Gasteiger partial charge in [0.1, 0.15) is 11.7 Å². The second kappa shape index (κ2) is 6.93. The van der Waals surface area contributed by atoms with Crippen LogP contribution in [0.25, 0.3) is 27.1 Å². The van der Waals surface area contributed by atoms with Gasteiger partial charge in [0.05, 0.1) is 28.3 Å². The Bertz CT molecular complexity index is 1400. The predicted octanol–water partition coefficient (Wildman–Crippen LogP) is 4.90. The molecule has 2 saturated heterocycles. The average Bonchev–Trinajstić information content (AvgIpc) is 3.44. The van der Waals surface area contributed by atoms with Crippen LogP contribution in [0.1, 0.15) is 38.8 Å². The van der Waals surface area contributed by atoms with E-state index in [1.165, 1.54) is 17.4 Å². The molecule has 9 heteroatoms. The van der Waals surface area contributed by atoms with E-state index in [0.29, 0.717) is 16.9 Å². The minimum atomic E-state index is -0.980. The molecule has 4 aromatic heterocycles. The number of fused-ring (bicyclic) bond motifs is 4. The number of hydrogen-bond donors (Lipinski definition) is 1.